The summed E-state index contributed by atoms with van der Waals surface area (Å²) in [6.07, 6.45) is 0. The van der Waals surface area contributed by atoms with Crippen molar-refractivity contribution >= 4 is 26.7 Å². The van der Waals surface area contributed by atoms with Gasteiger partial charge in [0.05, 0.1) is 10.2 Å². The van der Waals surface area contributed by atoms with Crippen LogP contribution in [0.15, 0.2) is 18.2 Å². The number of fused-ring (bicyclic) bond motifs is 1. The number of nitrogens with zero attached hydrogens (tertiary/aromatic N) is 1. The number of rotatable bonds is 0. The molecular formula is C9H12N2S. The summed E-state index contributed by atoms with van der Waals surface area (Å²) in [6.45, 7) is 2.06. The summed E-state index contributed by atoms with van der Waals surface area (Å²) in [5, 5.41) is 0.644. The molecule has 0 radical (unpaired) electrons. The Morgan fingerprint density at radius 1 is 1.42 bits per heavy atom. The van der Waals surface area contributed by atoms with Crippen LogP contribution in [0.4, 0.5) is 5.13 Å². The topological polar surface area (TPSA) is 38.9 Å². The van der Waals surface area contributed by atoms with E-state index in [1.807, 2.05) is 12.1 Å². The molecule has 0 unspecified atom stereocenters. The van der Waals surface area contributed by atoms with Crippen molar-refractivity contribution in [3.05, 3.63) is 23.8 Å². The number of anilines is 1. The zero-order valence-electron chi connectivity index (χ0n) is 6.16. The highest BCUT2D eigenvalue weighted by molar-refractivity contribution is 7.22. The van der Waals surface area contributed by atoms with Crippen LogP contribution in [0.2, 0.25) is 0 Å². The summed E-state index contributed by atoms with van der Waals surface area (Å²) in [7, 11) is 0. The van der Waals surface area contributed by atoms with Crippen molar-refractivity contribution in [2.75, 3.05) is 5.73 Å². The van der Waals surface area contributed by atoms with E-state index < -0.39 is 0 Å². The normalized spacial score (nSPS) is 9.75. The Morgan fingerprint density at radius 3 is 2.92 bits per heavy atom. The van der Waals surface area contributed by atoms with E-state index >= 15 is 0 Å². The van der Waals surface area contributed by atoms with Gasteiger partial charge in [0.15, 0.2) is 5.13 Å². The van der Waals surface area contributed by atoms with Gasteiger partial charge in [0.1, 0.15) is 0 Å². The van der Waals surface area contributed by atoms with Crippen LogP contribution in [0.25, 0.3) is 10.2 Å². The van der Waals surface area contributed by atoms with Gasteiger partial charge in [-0.2, -0.15) is 0 Å². The molecule has 1 aromatic carbocycles. The lowest BCUT2D eigenvalue weighted by Crippen LogP contribution is -1.78. The van der Waals surface area contributed by atoms with Crippen molar-refractivity contribution in [3.63, 3.8) is 0 Å². The van der Waals surface area contributed by atoms with E-state index in [1.54, 1.807) is 0 Å². The van der Waals surface area contributed by atoms with Gasteiger partial charge in [-0.05, 0) is 24.6 Å². The maximum Gasteiger partial charge on any atom is 0.181 e. The van der Waals surface area contributed by atoms with Gasteiger partial charge in [0.2, 0.25) is 0 Å². The molecule has 0 bridgehead atoms. The summed E-state index contributed by atoms with van der Waals surface area (Å²) in [5.41, 5.74) is 7.80. The maximum atomic E-state index is 5.55. The average Bonchev–Trinajstić information content (AvgIpc) is 2.27. The monoisotopic (exact) mass is 180 g/mol. The van der Waals surface area contributed by atoms with Crippen molar-refractivity contribution < 1.29 is 0 Å². The number of thiazole rings is 1. The number of hydrogen-bond acceptors (Lipinski definition) is 3. The van der Waals surface area contributed by atoms with Gasteiger partial charge in [-0.15, -0.1) is 0 Å². The van der Waals surface area contributed by atoms with Crippen molar-refractivity contribution in [1.82, 2.24) is 4.98 Å². The van der Waals surface area contributed by atoms with Crippen molar-refractivity contribution in [3.8, 4) is 0 Å². The molecular weight excluding hydrogens is 168 g/mol. The minimum Gasteiger partial charge on any atom is -0.375 e. The molecule has 0 aliphatic heterocycles. The first-order valence-corrected chi connectivity index (χ1v) is 4.20. The Morgan fingerprint density at radius 2 is 2.17 bits per heavy atom. The lowest BCUT2D eigenvalue weighted by molar-refractivity contribution is 1.46. The highest BCUT2D eigenvalue weighted by atomic mass is 32.1. The standard InChI is InChI=1S/C8H8N2S.CH4/c1-5-2-3-6-7(4-5)11-8(9)10-6;/h2-4H,1H3,(H2,9,10);1H4. The Labute approximate surface area is 76.0 Å². The van der Waals surface area contributed by atoms with Crippen LogP contribution < -0.4 is 5.73 Å². The predicted octanol–water partition coefficient (Wildman–Crippen LogP) is 2.82. The summed E-state index contributed by atoms with van der Waals surface area (Å²) in [5.74, 6) is 0. The second-order valence-electron chi connectivity index (χ2n) is 2.52. The van der Waals surface area contributed by atoms with E-state index in [0.717, 1.165) is 5.52 Å². The van der Waals surface area contributed by atoms with Gasteiger partial charge in [-0.1, -0.05) is 24.8 Å². The molecule has 0 spiro atoms. The number of hydrogen-bond donors (Lipinski definition) is 1. The predicted molar refractivity (Wildman–Crippen MR) is 55.5 cm³/mol. The second kappa shape index (κ2) is 3.11. The van der Waals surface area contributed by atoms with Crippen LogP contribution in [0.1, 0.15) is 13.0 Å². The molecule has 0 amide bonds. The zero-order chi connectivity index (χ0) is 7.84. The maximum absolute atomic E-state index is 5.55. The highest BCUT2D eigenvalue weighted by Crippen LogP contribution is 2.23. The van der Waals surface area contributed by atoms with Crippen LogP contribution in [-0.4, -0.2) is 4.98 Å². The molecule has 3 heteroatoms. The molecule has 0 saturated heterocycles. The van der Waals surface area contributed by atoms with E-state index in [0.29, 0.717) is 5.13 Å². The van der Waals surface area contributed by atoms with Gasteiger partial charge in [-0.3, -0.25) is 0 Å². The molecule has 0 saturated carbocycles. The number of aromatic nitrogens is 1. The minimum atomic E-state index is 0. The largest absolute Gasteiger partial charge is 0.375 e. The van der Waals surface area contributed by atoms with Crippen LogP contribution in [-0.2, 0) is 0 Å². The third kappa shape index (κ3) is 1.41. The molecule has 0 aliphatic carbocycles. The fraction of sp³-hybridized carbons (Fsp3) is 0.222. The summed E-state index contributed by atoms with van der Waals surface area (Å²) in [6, 6.07) is 6.14. The van der Waals surface area contributed by atoms with Crippen LogP contribution in [0.5, 0.6) is 0 Å². The Bertz CT molecular complexity index is 392. The molecule has 64 valence electrons. The molecule has 2 nitrogen and oxygen atoms in total. The smallest absolute Gasteiger partial charge is 0.181 e. The quantitative estimate of drug-likeness (QED) is 0.677. The van der Waals surface area contributed by atoms with Gasteiger partial charge < -0.3 is 5.73 Å². The number of aryl methyl sites for hydroxylation is 1. The molecule has 0 fully saturated rings. The van der Waals surface area contributed by atoms with E-state index in [-0.39, 0.29) is 7.43 Å². The second-order valence-corrected chi connectivity index (χ2v) is 3.59. The lowest BCUT2D eigenvalue weighted by atomic mass is 10.2. The van der Waals surface area contributed by atoms with Crippen molar-refractivity contribution in [2.45, 2.75) is 14.4 Å². The zero-order valence-corrected chi connectivity index (χ0v) is 6.98. The van der Waals surface area contributed by atoms with Crippen molar-refractivity contribution in [1.29, 1.82) is 0 Å². The first-order chi connectivity index (χ1) is 5.25. The third-order valence-electron chi connectivity index (χ3n) is 1.56. The lowest BCUT2D eigenvalue weighted by Gasteiger charge is -1.88. The van der Waals surface area contributed by atoms with E-state index in [9.17, 15) is 0 Å². The Kier molecular flexibility index (Phi) is 2.33. The highest BCUT2D eigenvalue weighted by Gasteiger charge is 1.98. The molecule has 12 heavy (non-hydrogen) atoms. The third-order valence-corrected chi connectivity index (χ3v) is 2.41. The van der Waals surface area contributed by atoms with E-state index in [2.05, 4.69) is 18.0 Å². The molecule has 1 aromatic heterocycles. The fourth-order valence-corrected chi connectivity index (χ4v) is 1.88. The van der Waals surface area contributed by atoms with Crippen molar-refractivity contribution in [2.24, 2.45) is 0 Å². The van der Waals surface area contributed by atoms with E-state index in [1.165, 1.54) is 21.6 Å². The fourth-order valence-electron chi connectivity index (χ4n) is 1.05. The minimum absolute atomic E-state index is 0. The molecule has 2 N–H and O–H groups in total. The van der Waals surface area contributed by atoms with E-state index in [4.69, 9.17) is 5.73 Å². The van der Waals surface area contributed by atoms with Gasteiger partial charge >= 0.3 is 0 Å². The summed E-state index contributed by atoms with van der Waals surface area (Å²) < 4.78 is 1.17. The molecule has 0 atom stereocenters. The summed E-state index contributed by atoms with van der Waals surface area (Å²) in [4.78, 5) is 4.15. The number of benzene rings is 1. The molecule has 2 rings (SSSR count). The van der Waals surface area contributed by atoms with Crippen LogP contribution in [0.3, 0.4) is 0 Å². The number of nitrogens with two attached hydrogens (primary N) is 1. The van der Waals surface area contributed by atoms with Gasteiger partial charge in [0, 0.05) is 0 Å². The van der Waals surface area contributed by atoms with Gasteiger partial charge in [0.25, 0.3) is 0 Å². The molecule has 0 aliphatic rings. The SMILES string of the molecule is C.Cc1ccc2nc(N)sc2c1. The molecule has 1 heterocycles. The number of nitrogen functional groups attached to an aromatic ring is 1. The van der Waals surface area contributed by atoms with Crippen LogP contribution in [0, 0.1) is 6.92 Å². The first kappa shape index (κ1) is 9.00. The van der Waals surface area contributed by atoms with Crippen LogP contribution >= 0.6 is 11.3 Å². The summed E-state index contributed by atoms with van der Waals surface area (Å²) >= 11 is 1.53. The Balaban J connectivity index is 0.000000720. The molecule has 2 aromatic rings. The first-order valence-electron chi connectivity index (χ1n) is 3.38. The average molecular weight is 180 g/mol. The van der Waals surface area contributed by atoms with Gasteiger partial charge in [-0.25, -0.2) is 4.98 Å². The Hall–Kier alpha value is -1.09.